The van der Waals surface area contributed by atoms with Crippen LogP contribution in [0.2, 0.25) is 0 Å². The fourth-order valence-corrected chi connectivity index (χ4v) is 6.82. The highest BCUT2D eigenvalue weighted by molar-refractivity contribution is 7.89. The van der Waals surface area contributed by atoms with Crippen LogP contribution in [0, 0.1) is 0 Å². The van der Waals surface area contributed by atoms with E-state index in [1.165, 1.54) is 12.8 Å². The van der Waals surface area contributed by atoms with E-state index < -0.39 is 16.1 Å². The lowest BCUT2D eigenvalue weighted by atomic mass is 10.1. The number of carbonyl (C=O) groups is 2. The summed E-state index contributed by atoms with van der Waals surface area (Å²) in [6.45, 7) is 2.88. The van der Waals surface area contributed by atoms with Gasteiger partial charge in [-0.05, 0) is 49.4 Å². The minimum absolute atomic E-state index is 0.114. The molecule has 8 heteroatoms. The van der Waals surface area contributed by atoms with Gasteiger partial charge in [-0.25, -0.2) is 8.42 Å². The number of nitrogens with zero attached hydrogens (tertiary/aromatic N) is 2. The number of hydrogen-bond donors (Lipinski definition) is 1. The lowest BCUT2D eigenvalue weighted by Crippen LogP contribution is -2.50. The molecule has 2 amide bonds. The molecule has 32 heavy (non-hydrogen) atoms. The van der Waals surface area contributed by atoms with E-state index in [2.05, 4.69) is 5.32 Å². The van der Waals surface area contributed by atoms with Gasteiger partial charge in [0.25, 0.3) is 0 Å². The van der Waals surface area contributed by atoms with Crippen LogP contribution < -0.4 is 10.2 Å². The largest absolute Gasteiger partial charge is 0.352 e. The number of fused-ring (bicyclic) bond motifs is 1. The molecule has 1 aliphatic carbocycles. The lowest BCUT2D eigenvalue weighted by molar-refractivity contribution is -0.126. The number of hydrogen-bond acceptors (Lipinski definition) is 4. The minimum atomic E-state index is -3.56. The average Bonchev–Trinajstić information content (AvgIpc) is 3.01. The molecule has 2 aliphatic heterocycles. The zero-order chi connectivity index (χ0) is 22.7. The van der Waals surface area contributed by atoms with Crippen molar-refractivity contribution in [2.75, 3.05) is 18.0 Å². The number of sulfonamides is 1. The fourth-order valence-electron chi connectivity index (χ4n) is 5.25. The Bertz CT molecular complexity index is 948. The molecule has 2 heterocycles. The van der Waals surface area contributed by atoms with Crippen molar-refractivity contribution in [3.8, 4) is 0 Å². The first kappa shape index (κ1) is 23.2. The summed E-state index contributed by atoms with van der Waals surface area (Å²) in [5, 5.41) is 3.18. The Balaban J connectivity index is 1.57. The summed E-state index contributed by atoms with van der Waals surface area (Å²) in [6, 6.07) is 4.51. The summed E-state index contributed by atoms with van der Waals surface area (Å²) in [5.74, 6) is -0.244. The number of amides is 2. The Morgan fingerprint density at radius 3 is 2.31 bits per heavy atom. The summed E-state index contributed by atoms with van der Waals surface area (Å²) in [6.07, 6.45) is 10.1. The van der Waals surface area contributed by atoms with Crippen LogP contribution >= 0.6 is 0 Å². The normalized spacial score (nSPS) is 22.9. The molecule has 1 aromatic carbocycles. The number of anilines is 1. The molecule has 0 aromatic heterocycles. The van der Waals surface area contributed by atoms with Crippen molar-refractivity contribution in [2.45, 2.75) is 94.5 Å². The second kappa shape index (κ2) is 9.91. The van der Waals surface area contributed by atoms with Crippen molar-refractivity contribution in [1.29, 1.82) is 0 Å². The van der Waals surface area contributed by atoms with E-state index in [-0.39, 0.29) is 22.8 Å². The van der Waals surface area contributed by atoms with Crippen LogP contribution in [0.5, 0.6) is 0 Å². The van der Waals surface area contributed by atoms with E-state index in [1.807, 2.05) is 0 Å². The molecule has 0 bridgehead atoms. The van der Waals surface area contributed by atoms with Gasteiger partial charge >= 0.3 is 0 Å². The number of carbonyl (C=O) groups excluding carboxylic acids is 2. The van der Waals surface area contributed by atoms with Crippen molar-refractivity contribution in [2.24, 2.45) is 0 Å². The molecule has 1 saturated heterocycles. The molecule has 0 radical (unpaired) electrons. The van der Waals surface area contributed by atoms with Crippen LogP contribution in [-0.2, 0) is 26.0 Å². The third-order valence-corrected chi connectivity index (χ3v) is 8.96. The number of benzene rings is 1. The Morgan fingerprint density at radius 1 is 1.00 bits per heavy atom. The van der Waals surface area contributed by atoms with E-state index in [0.717, 1.165) is 50.5 Å². The molecule has 1 atom stereocenters. The molecule has 7 nitrogen and oxygen atoms in total. The molecule has 0 spiro atoms. The monoisotopic (exact) mass is 461 g/mol. The van der Waals surface area contributed by atoms with Gasteiger partial charge in [0.2, 0.25) is 21.8 Å². The Morgan fingerprint density at radius 2 is 1.66 bits per heavy atom. The Kier molecular flexibility index (Phi) is 7.20. The molecular weight excluding hydrogens is 426 g/mol. The molecule has 4 rings (SSSR count). The highest BCUT2D eigenvalue weighted by Gasteiger charge is 2.39. The highest BCUT2D eigenvalue weighted by atomic mass is 32.2. The average molecular weight is 462 g/mol. The molecule has 3 aliphatic rings. The van der Waals surface area contributed by atoms with Gasteiger partial charge in [-0.1, -0.05) is 39.0 Å². The topological polar surface area (TPSA) is 86.8 Å². The Hall–Kier alpha value is -1.93. The van der Waals surface area contributed by atoms with Crippen molar-refractivity contribution in [1.82, 2.24) is 9.62 Å². The second-order valence-corrected chi connectivity index (χ2v) is 11.2. The first-order valence-electron chi connectivity index (χ1n) is 12.2. The summed E-state index contributed by atoms with van der Waals surface area (Å²) in [4.78, 5) is 27.8. The summed E-state index contributed by atoms with van der Waals surface area (Å²) in [7, 11) is -3.56. The first-order chi connectivity index (χ1) is 15.4. The highest BCUT2D eigenvalue weighted by Crippen LogP contribution is 2.36. The van der Waals surface area contributed by atoms with Gasteiger partial charge in [-0.15, -0.1) is 0 Å². The van der Waals surface area contributed by atoms with Crippen LogP contribution in [0.25, 0.3) is 0 Å². The van der Waals surface area contributed by atoms with Crippen LogP contribution in [0.4, 0.5) is 5.69 Å². The van der Waals surface area contributed by atoms with Gasteiger partial charge in [0, 0.05) is 37.7 Å². The van der Waals surface area contributed by atoms with Gasteiger partial charge in [0.05, 0.1) is 4.90 Å². The molecule has 176 valence electrons. The van der Waals surface area contributed by atoms with Crippen molar-refractivity contribution >= 4 is 27.5 Å². The third-order valence-electron chi connectivity index (χ3n) is 7.06. The molecule has 0 unspecified atom stereocenters. The van der Waals surface area contributed by atoms with Crippen molar-refractivity contribution < 1.29 is 18.0 Å². The van der Waals surface area contributed by atoms with Crippen molar-refractivity contribution in [3.05, 3.63) is 23.8 Å². The van der Waals surface area contributed by atoms with E-state index in [1.54, 1.807) is 34.3 Å². The van der Waals surface area contributed by atoms with Gasteiger partial charge in [0.1, 0.15) is 6.04 Å². The Labute approximate surface area is 191 Å². The van der Waals surface area contributed by atoms with E-state index in [0.29, 0.717) is 31.6 Å². The second-order valence-electron chi connectivity index (χ2n) is 9.29. The van der Waals surface area contributed by atoms with Crippen LogP contribution in [0.3, 0.4) is 0 Å². The summed E-state index contributed by atoms with van der Waals surface area (Å²) < 4.78 is 27.8. The van der Waals surface area contributed by atoms with E-state index in [9.17, 15) is 18.0 Å². The molecule has 1 aromatic rings. The fraction of sp³-hybridized carbons (Fsp3) is 0.667. The van der Waals surface area contributed by atoms with Crippen LogP contribution in [0.15, 0.2) is 23.1 Å². The summed E-state index contributed by atoms with van der Waals surface area (Å²) >= 11 is 0. The third kappa shape index (κ3) is 4.71. The maximum atomic E-state index is 13.2. The van der Waals surface area contributed by atoms with Crippen LogP contribution in [-0.4, -0.2) is 49.7 Å². The molecule has 2 fully saturated rings. The zero-order valence-electron chi connectivity index (χ0n) is 19.0. The minimum Gasteiger partial charge on any atom is -0.352 e. The van der Waals surface area contributed by atoms with Gasteiger partial charge in [0.15, 0.2) is 0 Å². The smallest absolute Gasteiger partial charge is 0.243 e. The maximum Gasteiger partial charge on any atom is 0.243 e. The lowest BCUT2D eigenvalue weighted by Gasteiger charge is -2.27. The molecular formula is C24H35N3O4S. The number of rotatable bonds is 5. The first-order valence-corrected chi connectivity index (χ1v) is 13.6. The van der Waals surface area contributed by atoms with Gasteiger partial charge < -0.3 is 5.32 Å². The van der Waals surface area contributed by atoms with Crippen molar-refractivity contribution in [3.63, 3.8) is 0 Å². The standard InChI is InChI=1S/C24H35N3O4S/c1-2-23(28)27-21-13-12-20(32(30,31)26-14-8-5-9-15-26)16-18(21)17-22(27)24(29)25-19-10-6-3-4-7-11-19/h12-13,16,19,22H,2-11,14-15,17H2,1H3,(H,25,29)/t22-/m1/s1. The van der Waals surface area contributed by atoms with E-state index >= 15 is 0 Å². The number of nitrogens with one attached hydrogen (secondary N) is 1. The van der Waals surface area contributed by atoms with E-state index in [4.69, 9.17) is 0 Å². The van der Waals surface area contributed by atoms with Crippen LogP contribution in [0.1, 0.15) is 76.7 Å². The zero-order valence-corrected chi connectivity index (χ0v) is 19.8. The quantitative estimate of drug-likeness (QED) is 0.681. The SMILES string of the molecule is CCC(=O)N1c2ccc(S(=O)(=O)N3CCCCC3)cc2C[C@@H]1C(=O)NC1CCCCCC1. The number of piperidine rings is 1. The summed E-state index contributed by atoms with van der Waals surface area (Å²) in [5.41, 5.74) is 1.42. The predicted molar refractivity (Wildman–Crippen MR) is 124 cm³/mol. The maximum absolute atomic E-state index is 13.2. The molecule has 1 N–H and O–H groups in total. The molecule has 1 saturated carbocycles. The predicted octanol–water partition coefficient (Wildman–Crippen LogP) is 3.37. The van der Waals surface area contributed by atoms with Gasteiger partial charge in [-0.2, -0.15) is 4.31 Å². The van der Waals surface area contributed by atoms with Gasteiger partial charge in [-0.3, -0.25) is 14.5 Å².